The highest BCUT2D eigenvalue weighted by molar-refractivity contribution is 4.97. The molecule has 4 nitrogen and oxygen atoms in total. The van der Waals surface area contributed by atoms with Crippen LogP contribution in [0.25, 0.3) is 0 Å². The third-order valence-electron chi connectivity index (χ3n) is 2.20. The van der Waals surface area contributed by atoms with Gasteiger partial charge in [0.15, 0.2) is 0 Å². The molecule has 0 aromatic heterocycles. The first-order valence-corrected chi connectivity index (χ1v) is 6.17. The van der Waals surface area contributed by atoms with E-state index < -0.39 is 6.10 Å². The molecule has 0 bridgehead atoms. The standard InChI is InChI=1S/C13H25NO3/c1-5-12(6-2)14-9-13(15)10-16-7-8-17-11(3)4/h1,11-15H,6-10H2,2-4H3. The van der Waals surface area contributed by atoms with Crippen molar-refractivity contribution in [3.8, 4) is 12.3 Å². The van der Waals surface area contributed by atoms with E-state index in [0.29, 0.717) is 26.4 Å². The summed E-state index contributed by atoms with van der Waals surface area (Å²) in [6, 6.07) is 0.0222. The van der Waals surface area contributed by atoms with E-state index in [2.05, 4.69) is 11.2 Å². The Bertz CT molecular complexity index is 213. The van der Waals surface area contributed by atoms with Gasteiger partial charge in [-0.1, -0.05) is 12.8 Å². The molecule has 0 aliphatic rings. The van der Waals surface area contributed by atoms with E-state index in [1.54, 1.807) is 0 Å². The molecule has 0 saturated heterocycles. The Morgan fingerprint density at radius 2 is 2.06 bits per heavy atom. The van der Waals surface area contributed by atoms with Gasteiger partial charge in [0.05, 0.1) is 38.1 Å². The molecule has 0 spiro atoms. The fourth-order valence-corrected chi connectivity index (χ4v) is 1.22. The Morgan fingerprint density at radius 3 is 2.59 bits per heavy atom. The Morgan fingerprint density at radius 1 is 1.35 bits per heavy atom. The maximum absolute atomic E-state index is 9.60. The number of hydrogen-bond acceptors (Lipinski definition) is 4. The fraction of sp³-hybridized carbons (Fsp3) is 0.846. The van der Waals surface area contributed by atoms with Gasteiger partial charge < -0.3 is 19.9 Å². The highest BCUT2D eigenvalue weighted by atomic mass is 16.5. The number of rotatable bonds is 10. The SMILES string of the molecule is C#CC(CC)NCC(O)COCCOC(C)C. The van der Waals surface area contributed by atoms with Crippen molar-refractivity contribution in [2.24, 2.45) is 0 Å². The van der Waals surface area contributed by atoms with Crippen LogP contribution < -0.4 is 5.32 Å². The zero-order valence-electron chi connectivity index (χ0n) is 11.1. The van der Waals surface area contributed by atoms with Crippen LogP contribution in [0.3, 0.4) is 0 Å². The smallest absolute Gasteiger partial charge is 0.0898 e. The maximum atomic E-state index is 9.60. The maximum Gasteiger partial charge on any atom is 0.0898 e. The molecule has 0 aromatic carbocycles. The Hall–Kier alpha value is -0.600. The van der Waals surface area contributed by atoms with Crippen molar-refractivity contribution < 1.29 is 14.6 Å². The third kappa shape index (κ3) is 10.3. The second kappa shape index (κ2) is 10.5. The molecule has 0 aliphatic heterocycles. The first-order valence-electron chi connectivity index (χ1n) is 6.17. The molecule has 100 valence electrons. The van der Waals surface area contributed by atoms with Gasteiger partial charge in [-0.3, -0.25) is 0 Å². The zero-order chi connectivity index (χ0) is 13.1. The molecule has 17 heavy (non-hydrogen) atoms. The molecule has 0 amide bonds. The molecule has 0 heterocycles. The minimum absolute atomic E-state index is 0.0222. The van der Waals surface area contributed by atoms with Gasteiger partial charge in [0.25, 0.3) is 0 Å². The summed E-state index contributed by atoms with van der Waals surface area (Å²) in [7, 11) is 0. The fourth-order valence-electron chi connectivity index (χ4n) is 1.22. The van der Waals surface area contributed by atoms with Crippen molar-refractivity contribution in [2.75, 3.05) is 26.4 Å². The molecule has 0 aliphatic carbocycles. The van der Waals surface area contributed by atoms with Crippen LogP contribution in [0.15, 0.2) is 0 Å². The van der Waals surface area contributed by atoms with Crippen molar-refractivity contribution in [1.29, 1.82) is 0 Å². The Labute approximate surface area is 105 Å². The summed E-state index contributed by atoms with van der Waals surface area (Å²) < 4.78 is 10.6. The summed E-state index contributed by atoms with van der Waals surface area (Å²) in [6.07, 6.45) is 5.83. The summed E-state index contributed by atoms with van der Waals surface area (Å²) in [5, 5.41) is 12.7. The van der Waals surface area contributed by atoms with E-state index in [1.807, 2.05) is 20.8 Å². The van der Waals surface area contributed by atoms with E-state index in [9.17, 15) is 5.11 Å². The van der Waals surface area contributed by atoms with Gasteiger partial charge in [0.2, 0.25) is 0 Å². The number of aliphatic hydroxyl groups excluding tert-OH is 1. The van der Waals surface area contributed by atoms with Crippen LogP contribution in [0, 0.1) is 12.3 Å². The lowest BCUT2D eigenvalue weighted by Gasteiger charge is -2.15. The summed E-state index contributed by atoms with van der Waals surface area (Å²) in [4.78, 5) is 0. The van der Waals surface area contributed by atoms with E-state index >= 15 is 0 Å². The topological polar surface area (TPSA) is 50.7 Å². The second-order valence-electron chi connectivity index (χ2n) is 4.18. The van der Waals surface area contributed by atoms with Gasteiger partial charge in [-0.15, -0.1) is 6.42 Å². The van der Waals surface area contributed by atoms with Crippen LogP contribution in [0.1, 0.15) is 27.2 Å². The molecule has 0 fully saturated rings. The van der Waals surface area contributed by atoms with Crippen molar-refractivity contribution >= 4 is 0 Å². The monoisotopic (exact) mass is 243 g/mol. The minimum Gasteiger partial charge on any atom is -0.389 e. The summed E-state index contributed by atoms with van der Waals surface area (Å²) in [5.41, 5.74) is 0. The normalized spacial score (nSPS) is 14.6. The van der Waals surface area contributed by atoms with Crippen LogP contribution in [0.2, 0.25) is 0 Å². The van der Waals surface area contributed by atoms with Gasteiger partial charge in [-0.25, -0.2) is 0 Å². The molecule has 2 unspecified atom stereocenters. The van der Waals surface area contributed by atoms with Crippen LogP contribution >= 0.6 is 0 Å². The average molecular weight is 243 g/mol. The van der Waals surface area contributed by atoms with Crippen molar-refractivity contribution in [1.82, 2.24) is 5.32 Å². The van der Waals surface area contributed by atoms with Gasteiger partial charge >= 0.3 is 0 Å². The lowest BCUT2D eigenvalue weighted by atomic mass is 10.2. The minimum atomic E-state index is -0.531. The van der Waals surface area contributed by atoms with E-state index in [0.717, 1.165) is 6.42 Å². The molecule has 0 radical (unpaired) electrons. The summed E-state index contributed by atoms with van der Waals surface area (Å²) >= 11 is 0. The summed E-state index contributed by atoms with van der Waals surface area (Å²) in [6.45, 7) is 7.77. The largest absolute Gasteiger partial charge is 0.389 e. The van der Waals surface area contributed by atoms with E-state index in [-0.39, 0.29) is 12.1 Å². The Balaban J connectivity index is 3.41. The predicted molar refractivity (Wildman–Crippen MR) is 68.8 cm³/mol. The third-order valence-corrected chi connectivity index (χ3v) is 2.20. The molecular weight excluding hydrogens is 218 g/mol. The number of aliphatic hydroxyl groups is 1. The number of hydrogen-bond donors (Lipinski definition) is 2. The highest BCUT2D eigenvalue weighted by Crippen LogP contribution is 1.91. The quantitative estimate of drug-likeness (QED) is 0.440. The van der Waals surface area contributed by atoms with Gasteiger partial charge in [0, 0.05) is 6.54 Å². The highest BCUT2D eigenvalue weighted by Gasteiger charge is 2.07. The molecule has 2 atom stereocenters. The molecule has 0 aromatic rings. The first-order chi connectivity index (χ1) is 8.10. The van der Waals surface area contributed by atoms with Gasteiger partial charge in [-0.2, -0.15) is 0 Å². The zero-order valence-corrected chi connectivity index (χ0v) is 11.1. The lowest BCUT2D eigenvalue weighted by Crippen LogP contribution is -2.36. The lowest BCUT2D eigenvalue weighted by molar-refractivity contribution is -0.0102. The van der Waals surface area contributed by atoms with Crippen LogP contribution in [0.5, 0.6) is 0 Å². The number of ether oxygens (including phenoxy) is 2. The van der Waals surface area contributed by atoms with E-state index in [4.69, 9.17) is 15.9 Å². The summed E-state index contributed by atoms with van der Waals surface area (Å²) in [5.74, 6) is 2.61. The first kappa shape index (κ1) is 16.4. The van der Waals surface area contributed by atoms with Crippen LogP contribution in [-0.4, -0.2) is 49.7 Å². The Kier molecular flexibility index (Phi) is 10.2. The van der Waals surface area contributed by atoms with Crippen LogP contribution in [0.4, 0.5) is 0 Å². The van der Waals surface area contributed by atoms with Crippen molar-refractivity contribution in [3.63, 3.8) is 0 Å². The molecule has 0 saturated carbocycles. The van der Waals surface area contributed by atoms with Gasteiger partial charge in [0.1, 0.15) is 0 Å². The number of terminal acetylenes is 1. The van der Waals surface area contributed by atoms with Gasteiger partial charge in [-0.05, 0) is 20.3 Å². The molecule has 2 N–H and O–H groups in total. The molecule has 4 heteroatoms. The molecule has 0 rings (SSSR count). The number of nitrogens with one attached hydrogen (secondary N) is 1. The molecular formula is C13H25NO3. The van der Waals surface area contributed by atoms with Crippen molar-refractivity contribution in [2.45, 2.75) is 45.4 Å². The van der Waals surface area contributed by atoms with E-state index in [1.165, 1.54) is 0 Å². The predicted octanol–water partition coefficient (Wildman–Crippen LogP) is 0.790. The van der Waals surface area contributed by atoms with Crippen LogP contribution in [-0.2, 0) is 9.47 Å². The average Bonchev–Trinajstić information content (AvgIpc) is 2.29. The second-order valence-corrected chi connectivity index (χ2v) is 4.18. The van der Waals surface area contributed by atoms with Crippen molar-refractivity contribution in [3.05, 3.63) is 0 Å².